The average Bonchev–Trinajstić information content (AvgIpc) is 3.38. The van der Waals surface area contributed by atoms with Crippen molar-refractivity contribution in [3.8, 4) is 0 Å². The van der Waals surface area contributed by atoms with Gasteiger partial charge in [0.1, 0.15) is 17.9 Å². The molecule has 5 rings (SSSR count). The second kappa shape index (κ2) is 11.0. The maximum Gasteiger partial charge on any atom is 0.435 e. The normalized spacial score (nSPS) is 14.6. The van der Waals surface area contributed by atoms with E-state index in [4.69, 9.17) is 0 Å². The van der Waals surface area contributed by atoms with Crippen LogP contribution in [0.25, 0.3) is 10.8 Å². The Kier molecular flexibility index (Phi) is 7.51. The predicted octanol–water partition coefficient (Wildman–Crippen LogP) is 6.05. The van der Waals surface area contributed by atoms with Crippen LogP contribution in [-0.2, 0) is 17.5 Å². The number of rotatable bonds is 6. The van der Waals surface area contributed by atoms with Gasteiger partial charge in [-0.2, -0.15) is 18.3 Å². The van der Waals surface area contributed by atoms with Gasteiger partial charge in [-0.15, -0.1) is 0 Å². The molecule has 0 radical (unpaired) electrons. The van der Waals surface area contributed by atoms with Crippen LogP contribution in [0.5, 0.6) is 0 Å². The highest BCUT2D eigenvalue weighted by Crippen LogP contribution is 2.32. The third-order valence-corrected chi connectivity index (χ3v) is 6.98. The van der Waals surface area contributed by atoms with Crippen LogP contribution in [0.4, 0.5) is 27.6 Å². The summed E-state index contributed by atoms with van der Waals surface area (Å²) >= 11 is 0. The van der Waals surface area contributed by atoms with E-state index in [9.17, 15) is 31.5 Å². The first-order valence-corrected chi connectivity index (χ1v) is 12.6. The number of nitrogens with zero attached hydrogens (tertiary/aromatic N) is 4. The molecule has 0 bridgehead atoms. The molecule has 2 aromatic carbocycles. The number of carbonyl (C=O) groups excluding carboxylic acids is 2. The molecular weight excluding hydrogens is 533 g/mol. The lowest BCUT2D eigenvalue weighted by molar-refractivity contribution is -0.142. The number of hydrogen-bond acceptors (Lipinski definition) is 4. The number of amides is 2. The Hall–Kier alpha value is -4.35. The molecule has 0 atom stereocenters. The summed E-state index contributed by atoms with van der Waals surface area (Å²) in [6.45, 7) is -0.157. The van der Waals surface area contributed by atoms with Gasteiger partial charge in [-0.25, -0.2) is 8.78 Å². The highest BCUT2D eigenvalue weighted by Gasteiger charge is 2.36. The molecule has 1 saturated heterocycles. The zero-order valence-electron chi connectivity index (χ0n) is 21.0. The molecule has 0 aliphatic carbocycles. The SMILES string of the molecule is O=C(Nc1cccc2ccccc12)c1cc(C2CCN(C(=O)Cn3nc(C(F)(F)F)cc3C(F)F)CC2)ccn1. The van der Waals surface area contributed by atoms with E-state index < -0.39 is 36.4 Å². The van der Waals surface area contributed by atoms with Crippen molar-refractivity contribution in [1.82, 2.24) is 19.7 Å². The minimum atomic E-state index is -4.90. The number of hydrogen-bond donors (Lipinski definition) is 1. The first-order valence-electron chi connectivity index (χ1n) is 12.6. The van der Waals surface area contributed by atoms with Crippen molar-refractivity contribution >= 4 is 28.3 Å². The summed E-state index contributed by atoms with van der Waals surface area (Å²) < 4.78 is 65.8. The summed E-state index contributed by atoms with van der Waals surface area (Å²) in [6, 6.07) is 17.1. The summed E-state index contributed by atoms with van der Waals surface area (Å²) in [6.07, 6.45) is -5.51. The number of halogens is 5. The first-order chi connectivity index (χ1) is 19.1. The van der Waals surface area contributed by atoms with Gasteiger partial charge >= 0.3 is 6.18 Å². The lowest BCUT2D eigenvalue weighted by Crippen LogP contribution is -2.40. The van der Waals surface area contributed by atoms with E-state index in [1.54, 1.807) is 18.3 Å². The predicted molar refractivity (Wildman–Crippen MR) is 137 cm³/mol. The lowest BCUT2D eigenvalue weighted by atomic mass is 9.89. The van der Waals surface area contributed by atoms with E-state index in [0.29, 0.717) is 23.2 Å². The standard InChI is InChI=1S/C28H24F5N5O2/c29-26(30)23-15-24(28(31,32)33)36-38(23)16-25(39)37-12-9-17(10-13-37)19-8-11-34-22(14-19)27(40)35-21-7-3-5-18-4-1-2-6-20(18)21/h1-8,11,14-15,17,26H,9-10,12-13,16H2,(H,35,40). The Bertz CT molecular complexity index is 1540. The van der Waals surface area contributed by atoms with Crippen LogP contribution in [0.15, 0.2) is 66.9 Å². The van der Waals surface area contributed by atoms with Gasteiger partial charge in [-0.3, -0.25) is 19.3 Å². The van der Waals surface area contributed by atoms with Crippen molar-refractivity contribution in [3.05, 3.63) is 89.5 Å². The largest absolute Gasteiger partial charge is 0.435 e. The van der Waals surface area contributed by atoms with Crippen LogP contribution >= 0.6 is 0 Å². The molecule has 40 heavy (non-hydrogen) atoms. The highest BCUT2D eigenvalue weighted by molar-refractivity contribution is 6.08. The maximum absolute atomic E-state index is 13.3. The third-order valence-electron chi connectivity index (χ3n) is 6.98. The number of benzene rings is 2. The van der Waals surface area contributed by atoms with Crippen LogP contribution < -0.4 is 5.32 Å². The van der Waals surface area contributed by atoms with Gasteiger partial charge in [0.2, 0.25) is 5.91 Å². The van der Waals surface area contributed by atoms with Crippen LogP contribution in [0.2, 0.25) is 0 Å². The number of likely N-dealkylation sites (tertiary alicyclic amines) is 1. The van der Waals surface area contributed by atoms with E-state index >= 15 is 0 Å². The van der Waals surface area contributed by atoms with Gasteiger partial charge in [0.15, 0.2) is 5.69 Å². The molecule has 1 fully saturated rings. The molecule has 1 aliphatic heterocycles. The fourth-order valence-corrected chi connectivity index (χ4v) is 4.91. The van der Waals surface area contributed by atoms with E-state index in [1.807, 2.05) is 42.5 Å². The number of fused-ring (bicyclic) bond motifs is 1. The fourth-order valence-electron chi connectivity index (χ4n) is 4.91. The summed E-state index contributed by atoms with van der Waals surface area (Å²) in [4.78, 5) is 31.4. The van der Waals surface area contributed by atoms with Gasteiger partial charge in [0.25, 0.3) is 12.3 Å². The molecule has 0 saturated carbocycles. The molecule has 1 aliphatic rings. The van der Waals surface area contributed by atoms with Gasteiger partial charge in [0.05, 0.1) is 0 Å². The minimum Gasteiger partial charge on any atom is -0.341 e. The Morgan fingerprint density at radius 2 is 1.73 bits per heavy atom. The van der Waals surface area contributed by atoms with Gasteiger partial charge in [0, 0.05) is 30.4 Å². The van der Waals surface area contributed by atoms with Gasteiger partial charge in [-0.1, -0.05) is 36.4 Å². The molecule has 4 aromatic rings. The molecule has 7 nitrogen and oxygen atoms in total. The number of aromatic nitrogens is 3. The van der Waals surface area contributed by atoms with Crippen LogP contribution in [0.1, 0.15) is 52.6 Å². The number of carbonyl (C=O) groups is 2. The zero-order chi connectivity index (χ0) is 28.4. The van der Waals surface area contributed by atoms with Crippen molar-refractivity contribution in [2.75, 3.05) is 18.4 Å². The smallest absolute Gasteiger partial charge is 0.341 e. The summed E-state index contributed by atoms with van der Waals surface area (Å²) in [7, 11) is 0. The molecular formula is C28H24F5N5O2. The van der Waals surface area contributed by atoms with Crippen molar-refractivity contribution in [1.29, 1.82) is 0 Å². The van der Waals surface area contributed by atoms with Crippen molar-refractivity contribution in [2.24, 2.45) is 0 Å². The van der Waals surface area contributed by atoms with E-state index in [-0.39, 0.29) is 36.7 Å². The summed E-state index contributed by atoms with van der Waals surface area (Å²) in [5.41, 5.74) is -0.653. The summed E-state index contributed by atoms with van der Waals surface area (Å²) in [5.74, 6) is -0.950. The topological polar surface area (TPSA) is 80.1 Å². The molecule has 3 heterocycles. The third kappa shape index (κ3) is 5.80. The zero-order valence-corrected chi connectivity index (χ0v) is 21.0. The minimum absolute atomic E-state index is 0.00863. The lowest BCUT2D eigenvalue weighted by Gasteiger charge is -2.32. The monoisotopic (exact) mass is 557 g/mol. The number of alkyl halides is 5. The molecule has 0 unspecified atom stereocenters. The second-order valence-electron chi connectivity index (χ2n) is 9.52. The van der Waals surface area contributed by atoms with E-state index in [1.165, 1.54) is 4.90 Å². The van der Waals surface area contributed by atoms with Crippen molar-refractivity contribution in [3.63, 3.8) is 0 Å². The van der Waals surface area contributed by atoms with Gasteiger partial charge < -0.3 is 10.2 Å². The number of anilines is 1. The number of piperidine rings is 1. The Balaban J connectivity index is 1.22. The quantitative estimate of drug-likeness (QED) is 0.293. The Labute approximate surface area is 225 Å². The second-order valence-corrected chi connectivity index (χ2v) is 9.52. The average molecular weight is 558 g/mol. The molecule has 1 N–H and O–H groups in total. The van der Waals surface area contributed by atoms with E-state index in [0.717, 1.165) is 16.3 Å². The van der Waals surface area contributed by atoms with Crippen LogP contribution in [0, 0.1) is 0 Å². The highest BCUT2D eigenvalue weighted by atomic mass is 19.4. The Morgan fingerprint density at radius 3 is 2.45 bits per heavy atom. The Morgan fingerprint density at radius 1 is 1.00 bits per heavy atom. The molecule has 2 aromatic heterocycles. The fraction of sp³-hybridized carbons (Fsp3) is 0.286. The number of nitrogens with one attached hydrogen (secondary N) is 1. The summed E-state index contributed by atoms with van der Waals surface area (Å²) in [5, 5.41) is 7.99. The van der Waals surface area contributed by atoms with Gasteiger partial charge in [-0.05, 0) is 54.0 Å². The first kappa shape index (κ1) is 27.2. The maximum atomic E-state index is 13.3. The van der Waals surface area contributed by atoms with Crippen LogP contribution in [0.3, 0.4) is 0 Å². The molecule has 208 valence electrons. The molecule has 12 heteroatoms. The van der Waals surface area contributed by atoms with Crippen LogP contribution in [-0.4, -0.2) is 44.6 Å². The van der Waals surface area contributed by atoms with E-state index in [2.05, 4.69) is 15.4 Å². The molecule has 0 spiro atoms. The van der Waals surface area contributed by atoms with Crippen molar-refractivity contribution in [2.45, 2.75) is 37.9 Å². The number of pyridine rings is 1. The van der Waals surface area contributed by atoms with Crippen molar-refractivity contribution < 1.29 is 31.5 Å². The molecule has 2 amide bonds.